The molecule has 70 valence electrons. The molecule has 0 heterocycles. The number of aliphatic hydroxyl groups is 1. The summed E-state index contributed by atoms with van der Waals surface area (Å²) in [5.74, 6) is -1.11. The van der Waals surface area contributed by atoms with E-state index in [0.717, 1.165) is 6.42 Å². The van der Waals surface area contributed by atoms with E-state index in [4.69, 9.17) is 5.11 Å². The second kappa shape index (κ2) is 2.02. The molecule has 0 atom stereocenters. The minimum absolute atomic E-state index is 0.512. The van der Waals surface area contributed by atoms with E-state index in [1.165, 1.54) is 0 Å². The van der Waals surface area contributed by atoms with Gasteiger partial charge in [0.15, 0.2) is 5.60 Å². The molecule has 2 N–H and O–H groups in total. The molecule has 0 aromatic carbocycles. The van der Waals surface area contributed by atoms with E-state index in [-0.39, 0.29) is 0 Å². The van der Waals surface area contributed by atoms with Gasteiger partial charge in [-0.25, -0.2) is 4.79 Å². The largest absolute Gasteiger partial charge is 0.479 e. The standard InChI is InChI=1S/C9H16O3/c1-7(2)5-8(3,4)9(7,12)6(10)11/h12H,5H2,1-4H3,(H,10,11). The Hall–Kier alpha value is -0.570. The van der Waals surface area contributed by atoms with Gasteiger partial charge in [-0.15, -0.1) is 0 Å². The number of hydrogen-bond donors (Lipinski definition) is 2. The normalized spacial score (nSPS) is 29.1. The Labute approximate surface area is 72.4 Å². The quantitative estimate of drug-likeness (QED) is 0.626. The molecule has 1 fully saturated rings. The molecule has 0 unspecified atom stereocenters. The molecule has 12 heavy (non-hydrogen) atoms. The highest BCUT2D eigenvalue weighted by atomic mass is 16.4. The molecule has 0 amide bonds. The summed E-state index contributed by atoms with van der Waals surface area (Å²) in [5, 5.41) is 18.9. The average molecular weight is 172 g/mol. The van der Waals surface area contributed by atoms with Gasteiger partial charge >= 0.3 is 5.97 Å². The lowest BCUT2D eigenvalue weighted by Gasteiger charge is -2.61. The second-order valence-electron chi connectivity index (χ2n) is 4.96. The van der Waals surface area contributed by atoms with Crippen molar-refractivity contribution in [2.45, 2.75) is 39.7 Å². The Morgan fingerprint density at radius 3 is 1.58 bits per heavy atom. The maximum absolute atomic E-state index is 10.9. The Bertz CT molecular complexity index is 214. The summed E-state index contributed by atoms with van der Waals surface area (Å²) in [4.78, 5) is 10.9. The van der Waals surface area contributed by atoms with Gasteiger partial charge in [0.1, 0.15) is 0 Å². The monoisotopic (exact) mass is 172 g/mol. The third-order valence-corrected chi connectivity index (χ3v) is 3.15. The molecule has 0 aromatic heterocycles. The highest BCUT2D eigenvalue weighted by molar-refractivity contribution is 5.81. The molecule has 1 rings (SSSR count). The molecule has 1 aliphatic carbocycles. The van der Waals surface area contributed by atoms with E-state index in [1.807, 2.05) is 0 Å². The van der Waals surface area contributed by atoms with Crippen LogP contribution in [0, 0.1) is 10.8 Å². The van der Waals surface area contributed by atoms with Gasteiger partial charge in [0.05, 0.1) is 0 Å². The van der Waals surface area contributed by atoms with Gasteiger partial charge in [0, 0.05) is 10.8 Å². The molecule has 0 radical (unpaired) electrons. The van der Waals surface area contributed by atoms with Crippen molar-refractivity contribution >= 4 is 5.97 Å². The van der Waals surface area contributed by atoms with Gasteiger partial charge < -0.3 is 10.2 Å². The smallest absolute Gasteiger partial charge is 0.336 e. The van der Waals surface area contributed by atoms with Crippen molar-refractivity contribution < 1.29 is 15.0 Å². The van der Waals surface area contributed by atoms with Gasteiger partial charge in [0.2, 0.25) is 0 Å². The van der Waals surface area contributed by atoms with Crippen LogP contribution in [0.1, 0.15) is 34.1 Å². The van der Waals surface area contributed by atoms with E-state index in [2.05, 4.69) is 0 Å². The van der Waals surface area contributed by atoms with Crippen LogP contribution in [0.4, 0.5) is 0 Å². The van der Waals surface area contributed by atoms with Crippen molar-refractivity contribution in [1.82, 2.24) is 0 Å². The van der Waals surface area contributed by atoms with Crippen molar-refractivity contribution in [3.63, 3.8) is 0 Å². The SMILES string of the molecule is CC1(C)CC(C)(C)C1(O)C(=O)O. The van der Waals surface area contributed by atoms with E-state index in [1.54, 1.807) is 27.7 Å². The lowest BCUT2D eigenvalue weighted by atomic mass is 9.45. The van der Waals surface area contributed by atoms with Crippen LogP contribution in [0.15, 0.2) is 0 Å². The van der Waals surface area contributed by atoms with Crippen molar-refractivity contribution in [3.05, 3.63) is 0 Å². The van der Waals surface area contributed by atoms with Gasteiger partial charge in [-0.1, -0.05) is 27.7 Å². The molecule has 0 saturated heterocycles. The van der Waals surface area contributed by atoms with E-state index in [9.17, 15) is 9.90 Å². The predicted molar refractivity (Wildman–Crippen MR) is 44.8 cm³/mol. The third kappa shape index (κ3) is 0.774. The lowest BCUT2D eigenvalue weighted by molar-refractivity contribution is -0.250. The Morgan fingerprint density at radius 2 is 1.50 bits per heavy atom. The third-order valence-electron chi connectivity index (χ3n) is 3.15. The Kier molecular flexibility index (Phi) is 1.60. The minimum atomic E-state index is -1.57. The van der Waals surface area contributed by atoms with Crippen LogP contribution < -0.4 is 0 Å². The summed E-state index contributed by atoms with van der Waals surface area (Å²) in [6, 6.07) is 0. The van der Waals surface area contributed by atoms with Crippen LogP contribution in [-0.4, -0.2) is 21.8 Å². The molecule has 1 saturated carbocycles. The zero-order valence-corrected chi connectivity index (χ0v) is 8.01. The van der Waals surface area contributed by atoms with Gasteiger partial charge in [-0.05, 0) is 6.42 Å². The van der Waals surface area contributed by atoms with Crippen molar-refractivity contribution in [1.29, 1.82) is 0 Å². The number of aliphatic carboxylic acids is 1. The zero-order chi connectivity index (χ0) is 9.78. The van der Waals surface area contributed by atoms with Crippen LogP contribution >= 0.6 is 0 Å². The first kappa shape index (κ1) is 9.52. The van der Waals surface area contributed by atoms with Crippen LogP contribution in [0.2, 0.25) is 0 Å². The molecule has 0 spiro atoms. The van der Waals surface area contributed by atoms with E-state index in [0.29, 0.717) is 0 Å². The summed E-state index contributed by atoms with van der Waals surface area (Å²) in [6.07, 6.45) is 0.739. The van der Waals surface area contributed by atoms with Gasteiger partial charge in [0.25, 0.3) is 0 Å². The van der Waals surface area contributed by atoms with Gasteiger partial charge in [-0.3, -0.25) is 0 Å². The Balaban J connectivity index is 3.07. The molecule has 0 aromatic rings. The molecule has 0 bridgehead atoms. The first-order chi connectivity index (χ1) is 5.15. The number of hydrogen-bond acceptors (Lipinski definition) is 2. The molecule has 3 heteroatoms. The second-order valence-corrected chi connectivity index (χ2v) is 4.96. The van der Waals surface area contributed by atoms with Crippen LogP contribution in [0.25, 0.3) is 0 Å². The molecule has 1 aliphatic rings. The first-order valence-corrected chi connectivity index (χ1v) is 4.11. The summed E-state index contributed by atoms with van der Waals surface area (Å²) in [5.41, 5.74) is -2.59. The molecule has 3 nitrogen and oxygen atoms in total. The molecular weight excluding hydrogens is 156 g/mol. The van der Waals surface area contributed by atoms with Crippen molar-refractivity contribution in [2.75, 3.05) is 0 Å². The summed E-state index contributed by atoms with van der Waals surface area (Å²) in [6.45, 7) is 7.14. The number of carboxylic acid groups (broad SMARTS) is 1. The molecule has 0 aliphatic heterocycles. The number of carbonyl (C=O) groups is 1. The maximum Gasteiger partial charge on any atom is 0.336 e. The fraction of sp³-hybridized carbons (Fsp3) is 0.889. The zero-order valence-electron chi connectivity index (χ0n) is 8.01. The van der Waals surface area contributed by atoms with Crippen molar-refractivity contribution in [3.8, 4) is 0 Å². The van der Waals surface area contributed by atoms with Crippen LogP contribution in [-0.2, 0) is 4.79 Å². The van der Waals surface area contributed by atoms with E-state index >= 15 is 0 Å². The summed E-state index contributed by atoms with van der Waals surface area (Å²) < 4.78 is 0. The van der Waals surface area contributed by atoms with Crippen LogP contribution in [0.3, 0.4) is 0 Å². The van der Waals surface area contributed by atoms with E-state index < -0.39 is 22.4 Å². The number of carboxylic acids is 1. The fourth-order valence-corrected chi connectivity index (χ4v) is 2.75. The summed E-state index contributed by atoms with van der Waals surface area (Å²) >= 11 is 0. The highest BCUT2D eigenvalue weighted by Gasteiger charge is 2.69. The highest BCUT2D eigenvalue weighted by Crippen LogP contribution is 2.61. The maximum atomic E-state index is 10.9. The first-order valence-electron chi connectivity index (χ1n) is 4.11. The Morgan fingerprint density at radius 1 is 1.17 bits per heavy atom. The number of rotatable bonds is 1. The lowest BCUT2D eigenvalue weighted by Crippen LogP contribution is -2.70. The topological polar surface area (TPSA) is 57.5 Å². The summed E-state index contributed by atoms with van der Waals surface area (Å²) in [7, 11) is 0. The van der Waals surface area contributed by atoms with Crippen molar-refractivity contribution in [2.24, 2.45) is 10.8 Å². The predicted octanol–water partition coefficient (Wildman–Crippen LogP) is 1.26. The average Bonchev–Trinajstić information content (AvgIpc) is 1.82. The molecular formula is C9H16O3. The van der Waals surface area contributed by atoms with Gasteiger partial charge in [-0.2, -0.15) is 0 Å². The fourth-order valence-electron chi connectivity index (χ4n) is 2.75. The minimum Gasteiger partial charge on any atom is -0.479 e. The van der Waals surface area contributed by atoms with Crippen LogP contribution in [0.5, 0.6) is 0 Å².